The third-order valence-corrected chi connectivity index (χ3v) is 4.80. The van der Waals surface area contributed by atoms with Crippen LogP contribution in [0, 0.1) is 6.92 Å². The van der Waals surface area contributed by atoms with Gasteiger partial charge in [-0.1, -0.05) is 47.6 Å². The van der Waals surface area contributed by atoms with Gasteiger partial charge in [0, 0.05) is 11.6 Å². The fraction of sp³-hybridized carbons (Fsp3) is 0.269. The van der Waals surface area contributed by atoms with Crippen LogP contribution in [0.1, 0.15) is 39.2 Å². The molecule has 0 amide bonds. The second-order valence-corrected chi connectivity index (χ2v) is 7.66. The van der Waals surface area contributed by atoms with E-state index in [9.17, 15) is 4.79 Å². The van der Waals surface area contributed by atoms with E-state index in [1.165, 1.54) is 11.1 Å². The summed E-state index contributed by atoms with van der Waals surface area (Å²) in [6.07, 6.45) is 6.43. The van der Waals surface area contributed by atoms with Gasteiger partial charge in [-0.05, 0) is 69.9 Å². The van der Waals surface area contributed by atoms with E-state index in [1.54, 1.807) is 6.07 Å². The predicted molar refractivity (Wildman–Crippen MR) is 121 cm³/mol. The average Bonchev–Trinajstić information content (AvgIpc) is 2.67. The Bertz CT molecular complexity index is 1100. The lowest BCUT2D eigenvalue weighted by Gasteiger charge is -2.13. The molecule has 1 heterocycles. The Morgan fingerprint density at radius 2 is 1.79 bits per heavy atom. The van der Waals surface area contributed by atoms with Gasteiger partial charge in [-0.25, -0.2) is 4.79 Å². The molecule has 29 heavy (non-hydrogen) atoms. The molecule has 0 atom stereocenters. The number of rotatable bonds is 7. The van der Waals surface area contributed by atoms with Crippen molar-refractivity contribution in [3.05, 3.63) is 87.8 Å². The molecule has 0 saturated heterocycles. The van der Waals surface area contributed by atoms with Crippen molar-refractivity contribution in [3.8, 4) is 16.9 Å². The zero-order valence-corrected chi connectivity index (χ0v) is 17.6. The summed E-state index contributed by atoms with van der Waals surface area (Å²) in [4.78, 5) is 12.1. The van der Waals surface area contributed by atoms with Crippen LogP contribution in [-0.2, 0) is 0 Å². The van der Waals surface area contributed by atoms with Crippen LogP contribution in [0.4, 0.5) is 0 Å². The Hall–Kier alpha value is -3.07. The van der Waals surface area contributed by atoms with Crippen molar-refractivity contribution in [1.82, 2.24) is 0 Å². The molecule has 3 aromatic rings. The maximum absolute atomic E-state index is 12.1. The van der Waals surface area contributed by atoms with Crippen molar-refractivity contribution in [2.24, 2.45) is 0 Å². The predicted octanol–water partition coefficient (Wildman–Crippen LogP) is 6.84. The lowest BCUT2D eigenvalue weighted by molar-refractivity contribution is 0.365. The van der Waals surface area contributed by atoms with E-state index >= 15 is 0 Å². The first kappa shape index (κ1) is 20.7. The van der Waals surface area contributed by atoms with E-state index in [4.69, 9.17) is 9.15 Å². The molecule has 1 aromatic heterocycles. The smallest absolute Gasteiger partial charge is 0.336 e. The second-order valence-electron chi connectivity index (χ2n) is 7.66. The van der Waals surface area contributed by atoms with E-state index in [1.807, 2.05) is 49.4 Å². The molecule has 0 saturated carbocycles. The summed E-state index contributed by atoms with van der Waals surface area (Å²) in [7, 11) is 0. The second kappa shape index (κ2) is 9.42. The van der Waals surface area contributed by atoms with Crippen LogP contribution in [0.15, 0.2) is 81.0 Å². The molecule has 0 unspecified atom stereocenters. The number of fused-ring (bicyclic) bond motifs is 1. The van der Waals surface area contributed by atoms with Gasteiger partial charge in [-0.3, -0.25) is 0 Å². The summed E-state index contributed by atoms with van der Waals surface area (Å²) in [5.41, 5.74) is 5.62. The maximum atomic E-state index is 12.1. The number of allylic oxidation sites excluding steroid dienone is 3. The number of hydrogen-bond acceptors (Lipinski definition) is 3. The topological polar surface area (TPSA) is 39.4 Å². The third kappa shape index (κ3) is 5.47. The van der Waals surface area contributed by atoms with Crippen molar-refractivity contribution in [2.45, 2.75) is 40.5 Å². The van der Waals surface area contributed by atoms with Gasteiger partial charge in [-0.2, -0.15) is 0 Å². The molecule has 0 N–H and O–H groups in total. The van der Waals surface area contributed by atoms with Crippen molar-refractivity contribution in [1.29, 1.82) is 0 Å². The van der Waals surface area contributed by atoms with Crippen molar-refractivity contribution >= 4 is 11.0 Å². The third-order valence-electron chi connectivity index (χ3n) is 4.80. The summed E-state index contributed by atoms with van der Waals surface area (Å²) in [5, 5.41) is 0.831. The monoisotopic (exact) mass is 388 g/mol. The van der Waals surface area contributed by atoms with Crippen LogP contribution < -0.4 is 10.4 Å². The highest BCUT2D eigenvalue weighted by Crippen LogP contribution is 2.35. The number of ether oxygens (including phenoxy) is 1. The summed E-state index contributed by atoms with van der Waals surface area (Å²) in [6, 6.07) is 15.3. The fourth-order valence-corrected chi connectivity index (χ4v) is 3.32. The number of benzene rings is 2. The molecule has 3 heteroatoms. The Morgan fingerprint density at radius 3 is 2.52 bits per heavy atom. The molecule has 2 aromatic carbocycles. The molecule has 0 spiro atoms. The largest absolute Gasteiger partial charge is 0.489 e. The maximum Gasteiger partial charge on any atom is 0.336 e. The van der Waals surface area contributed by atoms with Crippen LogP contribution in [0.25, 0.3) is 22.1 Å². The highest BCUT2D eigenvalue weighted by atomic mass is 16.5. The molecule has 0 aliphatic heterocycles. The standard InChI is InChI=1S/C26H28O3/c1-18(2)9-8-10-19(3)13-14-28-23-15-20(4)16-24-26(23)22(17-25(27)29-24)21-11-6-5-7-12-21/h5-7,9,11-13,15-17H,8,10,14H2,1-4H3/b19-13+. The van der Waals surface area contributed by atoms with Gasteiger partial charge in [0.15, 0.2) is 0 Å². The molecular formula is C26H28O3. The van der Waals surface area contributed by atoms with Gasteiger partial charge in [0.1, 0.15) is 17.9 Å². The van der Waals surface area contributed by atoms with Crippen LogP contribution in [0.3, 0.4) is 0 Å². The van der Waals surface area contributed by atoms with Crippen molar-refractivity contribution < 1.29 is 9.15 Å². The quantitative estimate of drug-likeness (QED) is 0.328. The van der Waals surface area contributed by atoms with E-state index in [-0.39, 0.29) is 5.63 Å². The minimum atomic E-state index is -0.358. The van der Waals surface area contributed by atoms with E-state index in [0.717, 1.165) is 40.7 Å². The summed E-state index contributed by atoms with van der Waals surface area (Å²) in [5.74, 6) is 0.732. The SMILES string of the molecule is CC(C)=CCC/C(C)=C/COc1cc(C)cc2oc(=O)cc(-c3ccccc3)c12. The van der Waals surface area contributed by atoms with Gasteiger partial charge < -0.3 is 9.15 Å². The molecule has 0 aliphatic rings. The van der Waals surface area contributed by atoms with Crippen LogP contribution in [0.2, 0.25) is 0 Å². The lowest BCUT2D eigenvalue weighted by atomic mass is 10.0. The Morgan fingerprint density at radius 1 is 1.03 bits per heavy atom. The lowest BCUT2D eigenvalue weighted by Crippen LogP contribution is -2.02. The molecule has 0 radical (unpaired) electrons. The van der Waals surface area contributed by atoms with Crippen LogP contribution >= 0.6 is 0 Å². The molecule has 0 bridgehead atoms. The molecule has 3 nitrogen and oxygen atoms in total. The molecular weight excluding hydrogens is 360 g/mol. The Balaban J connectivity index is 1.93. The summed E-state index contributed by atoms with van der Waals surface area (Å²) < 4.78 is 11.6. The average molecular weight is 389 g/mol. The van der Waals surface area contributed by atoms with E-state index in [2.05, 4.69) is 32.9 Å². The van der Waals surface area contributed by atoms with Crippen molar-refractivity contribution in [3.63, 3.8) is 0 Å². The van der Waals surface area contributed by atoms with Gasteiger partial charge in [0.25, 0.3) is 0 Å². The first-order chi connectivity index (χ1) is 13.9. The van der Waals surface area contributed by atoms with Gasteiger partial charge in [0.05, 0.1) is 5.39 Å². The minimum Gasteiger partial charge on any atom is -0.489 e. The zero-order chi connectivity index (χ0) is 20.8. The summed E-state index contributed by atoms with van der Waals surface area (Å²) >= 11 is 0. The molecule has 150 valence electrons. The summed E-state index contributed by atoms with van der Waals surface area (Å²) in [6.45, 7) is 8.82. The first-order valence-electron chi connectivity index (χ1n) is 10.00. The van der Waals surface area contributed by atoms with Gasteiger partial charge >= 0.3 is 5.63 Å². The zero-order valence-electron chi connectivity index (χ0n) is 17.6. The molecule has 0 fully saturated rings. The Labute approximate surface area is 172 Å². The number of aryl methyl sites for hydroxylation is 1. The van der Waals surface area contributed by atoms with E-state index < -0.39 is 0 Å². The van der Waals surface area contributed by atoms with Crippen LogP contribution in [0.5, 0.6) is 5.75 Å². The van der Waals surface area contributed by atoms with Gasteiger partial charge in [-0.15, -0.1) is 0 Å². The highest BCUT2D eigenvalue weighted by Gasteiger charge is 2.14. The van der Waals surface area contributed by atoms with E-state index in [0.29, 0.717) is 12.2 Å². The Kier molecular flexibility index (Phi) is 6.71. The highest BCUT2D eigenvalue weighted by molar-refractivity contribution is 5.98. The van der Waals surface area contributed by atoms with Crippen LogP contribution in [-0.4, -0.2) is 6.61 Å². The minimum absolute atomic E-state index is 0.358. The first-order valence-corrected chi connectivity index (χ1v) is 10.00. The number of hydrogen-bond donors (Lipinski definition) is 0. The molecule has 3 rings (SSSR count). The van der Waals surface area contributed by atoms with Gasteiger partial charge in [0.2, 0.25) is 0 Å². The normalized spacial score (nSPS) is 11.5. The fourth-order valence-electron chi connectivity index (χ4n) is 3.32. The molecule has 0 aliphatic carbocycles. The van der Waals surface area contributed by atoms with Crippen molar-refractivity contribution in [2.75, 3.05) is 6.61 Å².